The SMILES string of the molecule is Cn1cc(CC2CCCNC2)c(C(C)(C)C)n1. The van der Waals surface area contributed by atoms with E-state index >= 15 is 0 Å². The molecule has 1 aromatic rings. The second-order valence-electron chi connectivity index (χ2n) is 6.34. The highest BCUT2D eigenvalue weighted by Gasteiger charge is 2.24. The molecule has 1 fully saturated rings. The smallest absolute Gasteiger partial charge is 0.0709 e. The Morgan fingerprint density at radius 1 is 1.47 bits per heavy atom. The Bertz CT molecular complexity index is 367. The van der Waals surface area contributed by atoms with E-state index in [9.17, 15) is 0 Å². The minimum absolute atomic E-state index is 0.151. The molecule has 0 radical (unpaired) electrons. The highest BCUT2D eigenvalue weighted by molar-refractivity contribution is 5.24. The molecule has 96 valence electrons. The molecule has 17 heavy (non-hydrogen) atoms. The molecule has 0 saturated carbocycles. The Balaban J connectivity index is 2.14. The summed E-state index contributed by atoms with van der Waals surface area (Å²) in [6, 6.07) is 0. The molecule has 1 aliphatic rings. The molecule has 0 aromatic carbocycles. The summed E-state index contributed by atoms with van der Waals surface area (Å²) in [6.45, 7) is 9.10. The molecular weight excluding hydrogens is 210 g/mol. The molecule has 0 bridgehead atoms. The lowest BCUT2D eigenvalue weighted by Gasteiger charge is -2.24. The summed E-state index contributed by atoms with van der Waals surface area (Å²) in [5, 5.41) is 8.14. The third-order valence-corrected chi connectivity index (χ3v) is 3.52. The van der Waals surface area contributed by atoms with Crippen LogP contribution in [0.15, 0.2) is 6.20 Å². The molecule has 1 aliphatic heterocycles. The number of aromatic nitrogens is 2. The zero-order chi connectivity index (χ0) is 12.5. The average Bonchev–Trinajstić information content (AvgIpc) is 2.60. The van der Waals surface area contributed by atoms with E-state index in [1.165, 1.54) is 43.6 Å². The summed E-state index contributed by atoms with van der Waals surface area (Å²) in [7, 11) is 2.03. The Morgan fingerprint density at radius 3 is 2.82 bits per heavy atom. The van der Waals surface area contributed by atoms with Crippen LogP contribution in [-0.2, 0) is 18.9 Å². The van der Waals surface area contributed by atoms with Crippen LogP contribution in [0.2, 0.25) is 0 Å². The molecule has 1 N–H and O–H groups in total. The number of nitrogens with one attached hydrogen (secondary N) is 1. The summed E-state index contributed by atoms with van der Waals surface area (Å²) in [6.07, 6.45) is 6.05. The standard InChI is InChI=1S/C14H25N3/c1-14(2,3)13-12(10-17(4)16-13)8-11-6-5-7-15-9-11/h10-11,15H,5-9H2,1-4H3. The lowest BCUT2D eigenvalue weighted by Crippen LogP contribution is -2.31. The predicted molar refractivity (Wildman–Crippen MR) is 71.2 cm³/mol. The Labute approximate surface area is 105 Å². The summed E-state index contributed by atoms with van der Waals surface area (Å²) in [5.41, 5.74) is 2.86. The van der Waals surface area contributed by atoms with Gasteiger partial charge in [0.15, 0.2) is 0 Å². The highest BCUT2D eigenvalue weighted by atomic mass is 15.3. The number of piperidine rings is 1. The summed E-state index contributed by atoms with van der Waals surface area (Å²) in [5.74, 6) is 0.786. The monoisotopic (exact) mass is 235 g/mol. The highest BCUT2D eigenvalue weighted by Crippen LogP contribution is 2.27. The van der Waals surface area contributed by atoms with Gasteiger partial charge in [-0.15, -0.1) is 0 Å². The molecule has 2 rings (SSSR count). The molecule has 1 saturated heterocycles. The average molecular weight is 235 g/mol. The van der Waals surface area contributed by atoms with Crippen LogP contribution in [0.25, 0.3) is 0 Å². The molecule has 1 aromatic heterocycles. The molecule has 3 heteroatoms. The zero-order valence-corrected chi connectivity index (χ0v) is 11.6. The van der Waals surface area contributed by atoms with Crippen LogP contribution < -0.4 is 5.32 Å². The van der Waals surface area contributed by atoms with Gasteiger partial charge in [0.2, 0.25) is 0 Å². The zero-order valence-electron chi connectivity index (χ0n) is 11.6. The lowest BCUT2D eigenvalue weighted by molar-refractivity contribution is 0.373. The fraction of sp³-hybridized carbons (Fsp3) is 0.786. The molecular formula is C14H25N3. The minimum atomic E-state index is 0.151. The van der Waals surface area contributed by atoms with Gasteiger partial charge >= 0.3 is 0 Å². The van der Waals surface area contributed by atoms with E-state index in [2.05, 4.69) is 37.4 Å². The van der Waals surface area contributed by atoms with E-state index in [4.69, 9.17) is 0 Å². The van der Waals surface area contributed by atoms with Crippen LogP contribution in [0.3, 0.4) is 0 Å². The number of aryl methyl sites for hydroxylation is 1. The number of rotatable bonds is 2. The molecule has 0 spiro atoms. The maximum absolute atomic E-state index is 4.64. The third kappa shape index (κ3) is 3.09. The van der Waals surface area contributed by atoms with E-state index in [1.54, 1.807) is 0 Å². The quantitative estimate of drug-likeness (QED) is 0.852. The van der Waals surface area contributed by atoms with Gasteiger partial charge in [0.25, 0.3) is 0 Å². The van der Waals surface area contributed by atoms with Crippen LogP contribution in [0, 0.1) is 5.92 Å². The van der Waals surface area contributed by atoms with Crippen molar-refractivity contribution in [2.24, 2.45) is 13.0 Å². The van der Waals surface area contributed by atoms with Crippen molar-refractivity contribution < 1.29 is 0 Å². The summed E-state index contributed by atoms with van der Waals surface area (Å²) < 4.78 is 1.96. The molecule has 3 nitrogen and oxygen atoms in total. The van der Waals surface area contributed by atoms with E-state index in [1.807, 2.05) is 11.7 Å². The van der Waals surface area contributed by atoms with Crippen LogP contribution in [0.4, 0.5) is 0 Å². The van der Waals surface area contributed by atoms with Gasteiger partial charge in [-0.1, -0.05) is 20.8 Å². The molecule has 1 atom stereocenters. The fourth-order valence-electron chi connectivity index (χ4n) is 2.73. The van der Waals surface area contributed by atoms with Crippen molar-refractivity contribution >= 4 is 0 Å². The van der Waals surface area contributed by atoms with E-state index in [0.717, 1.165) is 5.92 Å². The maximum atomic E-state index is 4.64. The van der Waals surface area contributed by atoms with E-state index in [0.29, 0.717) is 0 Å². The second-order valence-corrected chi connectivity index (χ2v) is 6.34. The number of hydrogen-bond acceptors (Lipinski definition) is 2. The van der Waals surface area contributed by atoms with Crippen LogP contribution in [0.1, 0.15) is 44.9 Å². The van der Waals surface area contributed by atoms with E-state index in [-0.39, 0.29) is 5.41 Å². The van der Waals surface area contributed by atoms with Gasteiger partial charge in [0.05, 0.1) is 5.69 Å². The van der Waals surface area contributed by atoms with E-state index < -0.39 is 0 Å². The van der Waals surface area contributed by atoms with Gasteiger partial charge in [0, 0.05) is 18.7 Å². The summed E-state index contributed by atoms with van der Waals surface area (Å²) in [4.78, 5) is 0. The predicted octanol–water partition coefficient (Wildman–Crippen LogP) is 2.26. The van der Waals surface area contributed by atoms with Crippen molar-refractivity contribution in [1.29, 1.82) is 0 Å². The topological polar surface area (TPSA) is 29.9 Å². The first-order valence-corrected chi connectivity index (χ1v) is 6.70. The van der Waals surface area contributed by atoms with Crippen molar-refractivity contribution in [3.63, 3.8) is 0 Å². The second kappa shape index (κ2) is 4.81. The van der Waals surface area contributed by atoms with Gasteiger partial charge in [-0.2, -0.15) is 5.10 Å². The van der Waals surface area contributed by atoms with Gasteiger partial charge in [-0.25, -0.2) is 0 Å². The van der Waals surface area contributed by atoms with Crippen molar-refractivity contribution in [3.8, 4) is 0 Å². The maximum Gasteiger partial charge on any atom is 0.0709 e. The van der Waals surface area contributed by atoms with Crippen molar-refractivity contribution in [2.75, 3.05) is 13.1 Å². The summed E-state index contributed by atoms with van der Waals surface area (Å²) >= 11 is 0. The number of nitrogens with zero attached hydrogens (tertiary/aromatic N) is 2. The largest absolute Gasteiger partial charge is 0.316 e. The van der Waals surface area contributed by atoms with Crippen LogP contribution in [-0.4, -0.2) is 22.9 Å². The van der Waals surface area contributed by atoms with Gasteiger partial charge in [0.1, 0.15) is 0 Å². The van der Waals surface area contributed by atoms with Crippen LogP contribution >= 0.6 is 0 Å². The van der Waals surface area contributed by atoms with Crippen molar-refractivity contribution in [1.82, 2.24) is 15.1 Å². The first kappa shape index (κ1) is 12.6. The molecule has 0 aliphatic carbocycles. The third-order valence-electron chi connectivity index (χ3n) is 3.52. The fourth-order valence-corrected chi connectivity index (χ4v) is 2.73. The first-order valence-electron chi connectivity index (χ1n) is 6.70. The first-order chi connectivity index (χ1) is 7.97. The Kier molecular flexibility index (Phi) is 3.57. The van der Waals surface area contributed by atoms with Crippen molar-refractivity contribution in [2.45, 2.75) is 45.4 Å². The molecule has 1 unspecified atom stereocenters. The van der Waals surface area contributed by atoms with Crippen molar-refractivity contribution in [3.05, 3.63) is 17.5 Å². The molecule has 2 heterocycles. The number of hydrogen-bond donors (Lipinski definition) is 1. The van der Waals surface area contributed by atoms with Gasteiger partial charge in [-0.05, 0) is 43.8 Å². The van der Waals surface area contributed by atoms with Gasteiger partial charge < -0.3 is 5.32 Å². The minimum Gasteiger partial charge on any atom is -0.316 e. The normalized spacial score (nSPS) is 21.8. The Morgan fingerprint density at radius 2 is 2.24 bits per heavy atom. The van der Waals surface area contributed by atoms with Gasteiger partial charge in [-0.3, -0.25) is 4.68 Å². The Hall–Kier alpha value is -0.830. The van der Waals surface area contributed by atoms with Crippen LogP contribution in [0.5, 0.6) is 0 Å². The molecule has 0 amide bonds. The lowest BCUT2D eigenvalue weighted by atomic mass is 9.85.